The van der Waals surface area contributed by atoms with E-state index < -0.39 is 0 Å². The minimum absolute atomic E-state index is 0.279. The number of amides is 1. The minimum atomic E-state index is -0.279. The van der Waals surface area contributed by atoms with Crippen molar-refractivity contribution in [3.05, 3.63) is 72.1 Å². The Labute approximate surface area is 140 Å². The van der Waals surface area contributed by atoms with Gasteiger partial charge in [-0.2, -0.15) is 0 Å². The molecule has 2 heterocycles. The lowest BCUT2D eigenvalue weighted by Crippen LogP contribution is -2.23. The summed E-state index contributed by atoms with van der Waals surface area (Å²) in [5.74, 6) is 0.974. The number of rotatable bonds is 6. The third-order valence-corrected chi connectivity index (χ3v) is 3.54. The predicted molar refractivity (Wildman–Crippen MR) is 91.0 cm³/mol. The summed E-state index contributed by atoms with van der Waals surface area (Å²) in [6.07, 6.45) is 3.93. The zero-order valence-electron chi connectivity index (χ0n) is 13.3. The molecule has 0 saturated heterocycles. The van der Waals surface area contributed by atoms with E-state index in [0.29, 0.717) is 23.8 Å². The van der Waals surface area contributed by atoms with Crippen molar-refractivity contribution in [2.75, 3.05) is 5.32 Å². The fourth-order valence-electron chi connectivity index (χ4n) is 2.19. The van der Waals surface area contributed by atoms with Gasteiger partial charge in [0, 0.05) is 11.8 Å². The van der Waals surface area contributed by atoms with Gasteiger partial charge in [-0.15, -0.1) is 0 Å². The standard InChI is InChI=1S/C18H18N4O2/c1-2-13-5-7-14(8-6-13)22-17-10-16(20-12-21-17)18(23)19-11-15-4-3-9-24-15/h3-10,12H,2,11H2,1H3,(H,19,23)(H,20,21,22). The van der Waals surface area contributed by atoms with E-state index in [1.807, 2.05) is 12.1 Å². The smallest absolute Gasteiger partial charge is 0.270 e. The van der Waals surface area contributed by atoms with Gasteiger partial charge >= 0.3 is 0 Å². The number of anilines is 2. The van der Waals surface area contributed by atoms with Crippen LogP contribution in [-0.2, 0) is 13.0 Å². The Morgan fingerprint density at radius 2 is 2.00 bits per heavy atom. The monoisotopic (exact) mass is 322 g/mol. The molecule has 2 N–H and O–H groups in total. The van der Waals surface area contributed by atoms with E-state index >= 15 is 0 Å². The van der Waals surface area contributed by atoms with Gasteiger partial charge in [0.25, 0.3) is 5.91 Å². The molecular weight excluding hydrogens is 304 g/mol. The number of carbonyl (C=O) groups excluding carboxylic acids is 1. The van der Waals surface area contributed by atoms with E-state index in [-0.39, 0.29) is 5.91 Å². The minimum Gasteiger partial charge on any atom is -0.467 e. The maximum Gasteiger partial charge on any atom is 0.270 e. The molecule has 6 nitrogen and oxygen atoms in total. The number of hydrogen-bond donors (Lipinski definition) is 2. The van der Waals surface area contributed by atoms with Gasteiger partial charge in [-0.3, -0.25) is 4.79 Å². The summed E-state index contributed by atoms with van der Waals surface area (Å²) in [5, 5.41) is 5.93. The summed E-state index contributed by atoms with van der Waals surface area (Å²) in [4.78, 5) is 20.3. The summed E-state index contributed by atoms with van der Waals surface area (Å²) in [6, 6.07) is 13.3. The quantitative estimate of drug-likeness (QED) is 0.728. The van der Waals surface area contributed by atoms with Crippen LogP contribution in [0.4, 0.5) is 11.5 Å². The van der Waals surface area contributed by atoms with Crippen molar-refractivity contribution in [2.45, 2.75) is 19.9 Å². The van der Waals surface area contributed by atoms with Crippen LogP contribution < -0.4 is 10.6 Å². The third-order valence-electron chi connectivity index (χ3n) is 3.54. The molecule has 0 atom stereocenters. The molecule has 0 aliphatic heterocycles. The van der Waals surface area contributed by atoms with Crippen LogP contribution in [0.15, 0.2) is 59.5 Å². The van der Waals surface area contributed by atoms with Gasteiger partial charge in [-0.1, -0.05) is 19.1 Å². The van der Waals surface area contributed by atoms with Crippen LogP contribution in [0.3, 0.4) is 0 Å². The molecule has 122 valence electrons. The number of furan rings is 1. The molecule has 1 amide bonds. The van der Waals surface area contributed by atoms with Gasteiger partial charge in [0.05, 0.1) is 12.8 Å². The van der Waals surface area contributed by atoms with Crippen LogP contribution in [-0.4, -0.2) is 15.9 Å². The molecule has 0 aliphatic carbocycles. The molecule has 0 aliphatic rings. The first kappa shape index (κ1) is 15.7. The first-order valence-electron chi connectivity index (χ1n) is 7.73. The van der Waals surface area contributed by atoms with Crippen molar-refractivity contribution in [3.8, 4) is 0 Å². The molecule has 0 radical (unpaired) electrons. The van der Waals surface area contributed by atoms with Crippen LogP contribution in [0.1, 0.15) is 28.7 Å². The lowest BCUT2D eigenvalue weighted by atomic mass is 10.1. The van der Waals surface area contributed by atoms with Gasteiger partial charge in [-0.25, -0.2) is 9.97 Å². The second kappa shape index (κ2) is 7.41. The van der Waals surface area contributed by atoms with E-state index in [9.17, 15) is 4.79 Å². The van der Waals surface area contributed by atoms with Crippen molar-refractivity contribution in [1.82, 2.24) is 15.3 Å². The molecule has 1 aromatic carbocycles. The van der Waals surface area contributed by atoms with Crippen LogP contribution in [0.5, 0.6) is 0 Å². The van der Waals surface area contributed by atoms with Crippen LogP contribution >= 0.6 is 0 Å². The predicted octanol–water partition coefficient (Wildman–Crippen LogP) is 3.31. The van der Waals surface area contributed by atoms with Crippen molar-refractivity contribution < 1.29 is 9.21 Å². The van der Waals surface area contributed by atoms with Crippen molar-refractivity contribution >= 4 is 17.4 Å². The van der Waals surface area contributed by atoms with Gasteiger partial charge in [0.1, 0.15) is 23.6 Å². The maximum absolute atomic E-state index is 12.2. The van der Waals surface area contributed by atoms with Crippen molar-refractivity contribution in [1.29, 1.82) is 0 Å². The summed E-state index contributed by atoms with van der Waals surface area (Å²) in [6.45, 7) is 2.43. The number of aryl methyl sites for hydroxylation is 1. The zero-order chi connectivity index (χ0) is 16.8. The Hall–Kier alpha value is -3.15. The highest BCUT2D eigenvalue weighted by Gasteiger charge is 2.09. The SMILES string of the molecule is CCc1ccc(Nc2cc(C(=O)NCc3ccco3)ncn2)cc1. The fourth-order valence-corrected chi connectivity index (χ4v) is 2.19. The van der Waals surface area contributed by atoms with Crippen LogP contribution in [0.25, 0.3) is 0 Å². The molecule has 0 fully saturated rings. The van der Waals surface area contributed by atoms with E-state index in [4.69, 9.17) is 4.42 Å². The number of aromatic nitrogens is 2. The topological polar surface area (TPSA) is 80.0 Å². The Morgan fingerprint density at radius 1 is 1.17 bits per heavy atom. The van der Waals surface area contributed by atoms with Crippen molar-refractivity contribution in [3.63, 3.8) is 0 Å². The van der Waals surface area contributed by atoms with Crippen LogP contribution in [0, 0.1) is 0 Å². The molecular formula is C18H18N4O2. The van der Waals surface area contributed by atoms with E-state index in [2.05, 4.69) is 39.7 Å². The summed E-state index contributed by atoms with van der Waals surface area (Å²) >= 11 is 0. The highest BCUT2D eigenvalue weighted by atomic mass is 16.3. The summed E-state index contributed by atoms with van der Waals surface area (Å²) in [7, 11) is 0. The largest absolute Gasteiger partial charge is 0.467 e. The Morgan fingerprint density at radius 3 is 2.71 bits per heavy atom. The molecule has 0 bridgehead atoms. The maximum atomic E-state index is 12.2. The van der Waals surface area contributed by atoms with Gasteiger partial charge < -0.3 is 15.1 Å². The number of hydrogen-bond acceptors (Lipinski definition) is 5. The molecule has 24 heavy (non-hydrogen) atoms. The molecule has 0 spiro atoms. The second-order valence-corrected chi connectivity index (χ2v) is 5.23. The third kappa shape index (κ3) is 3.98. The molecule has 3 aromatic rings. The number of carbonyl (C=O) groups is 1. The average molecular weight is 322 g/mol. The molecule has 3 rings (SSSR count). The van der Waals surface area contributed by atoms with Gasteiger partial charge in [0.2, 0.25) is 0 Å². The first-order chi connectivity index (χ1) is 11.7. The van der Waals surface area contributed by atoms with E-state index in [0.717, 1.165) is 12.1 Å². The molecule has 0 unspecified atom stereocenters. The molecule has 0 saturated carbocycles. The number of nitrogens with zero attached hydrogens (tertiary/aromatic N) is 2. The Bertz CT molecular complexity index is 798. The van der Waals surface area contributed by atoms with Crippen LogP contribution in [0.2, 0.25) is 0 Å². The van der Waals surface area contributed by atoms with Gasteiger partial charge in [0.15, 0.2) is 0 Å². The number of nitrogens with one attached hydrogen (secondary N) is 2. The summed E-state index contributed by atoms with van der Waals surface area (Å²) < 4.78 is 5.18. The Balaban J connectivity index is 1.65. The Kier molecular flexibility index (Phi) is 4.86. The highest BCUT2D eigenvalue weighted by Crippen LogP contribution is 2.15. The lowest BCUT2D eigenvalue weighted by molar-refractivity contribution is 0.0943. The summed E-state index contributed by atoms with van der Waals surface area (Å²) in [5.41, 5.74) is 2.47. The zero-order valence-corrected chi connectivity index (χ0v) is 13.3. The lowest BCUT2D eigenvalue weighted by Gasteiger charge is -2.08. The second-order valence-electron chi connectivity index (χ2n) is 5.23. The van der Waals surface area contributed by atoms with Crippen molar-refractivity contribution in [2.24, 2.45) is 0 Å². The average Bonchev–Trinajstić information content (AvgIpc) is 3.14. The number of benzene rings is 1. The van der Waals surface area contributed by atoms with Gasteiger partial charge in [-0.05, 0) is 36.2 Å². The normalized spacial score (nSPS) is 10.4. The van der Waals surface area contributed by atoms with E-state index in [1.165, 1.54) is 11.9 Å². The first-order valence-corrected chi connectivity index (χ1v) is 7.73. The fraction of sp³-hybridized carbons (Fsp3) is 0.167. The highest BCUT2D eigenvalue weighted by molar-refractivity contribution is 5.92. The molecule has 6 heteroatoms. The molecule has 2 aromatic heterocycles. The van der Waals surface area contributed by atoms with E-state index in [1.54, 1.807) is 24.5 Å².